The van der Waals surface area contributed by atoms with Crippen LogP contribution in [0.3, 0.4) is 0 Å². The molecule has 1 N–H and O–H groups in total. The highest BCUT2D eigenvalue weighted by Crippen LogP contribution is 2.43. The topological polar surface area (TPSA) is 85.3 Å². The standard InChI is InChI=1S/C30H41NO6/c1-21(22-11-9-8-10-12-22)37-31-28(2,3)19-24(20-29(31,4)5)27(33)36-18-17-35-25-15-13-23(14-16-25)26(32)30(6,7)34/h8-16,21,24,34H,17-20H2,1-7H3. The van der Waals surface area contributed by atoms with Crippen molar-refractivity contribution in [3.8, 4) is 5.75 Å². The molecule has 7 heteroatoms. The summed E-state index contributed by atoms with van der Waals surface area (Å²) in [4.78, 5) is 31.5. The maximum Gasteiger partial charge on any atom is 0.309 e. The van der Waals surface area contributed by atoms with E-state index in [0.717, 1.165) is 5.56 Å². The number of hydrogen-bond donors (Lipinski definition) is 1. The predicted molar refractivity (Wildman–Crippen MR) is 142 cm³/mol. The first kappa shape index (κ1) is 28.8. The number of carbonyl (C=O) groups is 2. The molecule has 7 nitrogen and oxygen atoms in total. The monoisotopic (exact) mass is 511 g/mol. The van der Waals surface area contributed by atoms with Gasteiger partial charge in [-0.05, 0) is 91.1 Å². The van der Waals surface area contributed by atoms with Crippen molar-refractivity contribution in [1.82, 2.24) is 5.06 Å². The molecule has 2 aromatic rings. The van der Waals surface area contributed by atoms with Crippen molar-refractivity contribution in [2.75, 3.05) is 13.2 Å². The molecule has 1 fully saturated rings. The van der Waals surface area contributed by atoms with Crippen molar-refractivity contribution < 1.29 is 29.0 Å². The highest BCUT2D eigenvalue weighted by atomic mass is 16.7. The van der Waals surface area contributed by atoms with E-state index in [9.17, 15) is 14.7 Å². The Bertz CT molecular complexity index is 1040. The van der Waals surface area contributed by atoms with Crippen molar-refractivity contribution in [1.29, 1.82) is 0 Å². The molecule has 1 saturated heterocycles. The van der Waals surface area contributed by atoms with Crippen molar-refractivity contribution >= 4 is 11.8 Å². The molecule has 0 amide bonds. The van der Waals surface area contributed by atoms with E-state index in [1.807, 2.05) is 25.1 Å². The first-order valence-electron chi connectivity index (χ1n) is 12.9. The summed E-state index contributed by atoms with van der Waals surface area (Å²) in [5.41, 5.74) is -0.651. The Balaban J connectivity index is 1.51. The summed E-state index contributed by atoms with van der Waals surface area (Å²) in [6.07, 6.45) is 1.13. The maximum absolute atomic E-state index is 13.0. The molecule has 0 radical (unpaired) electrons. The highest BCUT2D eigenvalue weighted by Gasteiger charge is 2.49. The van der Waals surface area contributed by atoms with Gasteiger partial charge in [-0.1, -0.05) is 30.3 Å². The minimum Gasteiger partial charge on any atom is -0.490 e. The summed E-state index contributed by atoms with van der Waals surface area (Å²) in [5.74, 6) is -0.274. The SMILES string of the molecule is CC(ON1C(C)(C)CC(C(=O)OCCOc2ccc(C(=O)C(C)(C)O)cc2)CC1(C)C)c1ccccc1. The molecule has 0 aromatic heterocycles. The van der Waals surface area contributed by atoms with Gasteiger partial charge >= 0.3 is 5.97 Å². The number of piperidine rings is 1. The lowest BCUT2D eigenvalue weighted by atomic mass is 9.75. The lowest BCUT2D eigenvalue weighted by Crippen LogP contribution is -2.61. The summed E-state index contributed by atoms with van der Waals surface area (Å²) in [6.45, 7) is 13.7. The van der Waals surface area contributed by atoms with Crippen molar-refractivity contribution in [2.24, 2.45) is 5.92 Å². The van der Waals surface area contributed by atoms with Gasteiger partial charge in [0.15, 0.2) is 5.78 Å². The molecule has 37 heavy (non-hydrogen) atoms. The van der Waals surface area contributed by atoms with E-state index >= 15 is 0 Å². The van der Waals surface area contributed by atoms with E-state index in [1.54, 1.807) is 24.3 Å². The number of rotatable bonds is 10. The third-order valence-corrected chi connectivity index (χ3v) is 6.73. The number of hydroxylamine groups is 2. The van der Waals surface area contributed by atoms with E-state index in [0.29, 0.717) is 24.2 Å². The molecule has 1 heterocycles. The summed E-state index contributed by atoms with van der Waals surface area (Å²) in [7, 11) is 0. The Labute approximate surface area is 220 Å². The maximum atomic E-state index is 13.0. The molecule has 0 aliphatic carbocycles. The van der Waals surface area contributed by atoms with Crippen LogP contribution in [0.2, 0.25) is 0 Å². The van der Waals surface area contributed by atoms with Crippen LogP contribution in [0.5, 0.6) is 5.75 Å². The van der Waals surface area contributed by atoms with Gasteiger partial charge in [0.1, 0.15) is 30.7 Å². The highest BCUT2D eigenvalue weighted by molar-refractivity contribution is 6.01. The van der Waals surface area contributed by atoms with Gasteiger partial charge in [0.05, 0.1) is 5.92 Å². The van der Waals surface area contributed by atoms with Gasteiger partial charge in [-0.25, -0.2) is 0 Å². The van der Waals surface area contributed by atoms with E-state index in [-0.39, 0.29) is 48.1 Å². The second-order valence-corrected chi connectivity index (χ2v) is 11.6. The molecule has 1 unspecified atom stereocenters. The average molecular weight is 512 g/mol. The molecule has 1 aliphatic rings. The van der Waals surface area contributed by atoms with Gasteiger partial charge in [-0.2, -0.15) is 5.06 Å². The zero-order chi connectivity index (χ0) is 27.4. The number of Topliss-reactive ketones (excluding diaryl/α,β-unsaturated/α-hetero) is 1. The Morgan fingerprint density at radius 1 is 0.973 bits per heavy atom. The van der Waals surface area contributed by atoms with E-state index < -0.39 is 5.60 Å². The number of ether oxygens (including phenoxy) is 2. The number of aliphatic hydroxyl groups is 1. The molecule has 202 valence electrons. The van der Waals surface area contributed by atoms with Crippen molar-refractivity contribution in [2.45, 2.75) is 84.1 Å². The Kier molecular flexibility index (Phi) is 8.83. The zero-order valence-corrected chi connectivity index (χ0v) is 23.1. The van der Waals surface area contributed by atoms with E-state index in [1.165, 1.54) is 13.8 Å². The third-order valence-electron chi connectivity index (χ3n) is 6.73. The number of nitrogens with zero attached hydrogens (tertiary/aromatic N) is 1. The van der Waals surface area contributed by atoms with Gasteiger partial charge in [0, 0.05) is 16.6 Å². The number of hydrogen-bond acceptors (Lipinski definition) is 7. The molecule has 1 aliphatic heterocycles. The van der Waals surface area contributed by atoms with Gasteiger partial charge < -0.3 is 14.6 Å². The fraction of sp³-hybridized carbons (Fsp3) is 0.533. The van der Waals surface area contributed by atoms with Gasteiger partial charge in [0.25, 0.3) is 0 Å². The molecule has 1 atom stereocenters. The second kappa shape index (κ2) is 11.3. The Morgan fingerprint density at radius 2 is 1.54 bits per heavy atom. The molecule has 0 bridgehead atoms. The molecule has 0 saturated carbocycles. The second-order valence-electron chi connectivity index (χ2n) is 11.6. The van der Waals surface area contributed by atoms with Crippen LogP contribution in [0.15, 0.2) is 54.6 Å². The molecular weight excluding hydrogens is 470 g/mol. The van der Waals surface area contributed by atoms with Crippen LogP contribution < -0.4 is 4.74 Å². The predicted octanol–water partition coefficient (Wildman–Crippen LogP) is 5.52. The van der Waals surface area contributed by atoms with Gasteiger partial charge in [-0.3, -0.25) is 14.4 Å². The molecular formula is C30H41NO6. The smallest absolute Gasteiger partial charge is 0.309 e. The first-order valence-corrected chi connectivity index (χ1v) is 12.9. The fourth-order valence-corrected chi connectivity index (χ4v) is 5.13. The van der Waals surface area contributed by atoms with Crippen molar-refractivity contribution in [3.05, 3.63) is 65.7 Å². The van der Waals surface area contributed by atoms with Crippen LogP contribution in [0.4, 0.5) is 0 Å². The van der Waals surface area contributed by atoms with E-state index in [2.05, 4.69) is 44.9 Å². The molecule has 0 spiro atoms. The van der Waals surface area contributed by atoms with Crippen LogP contribution in [-0.2, 0) is 14.4 Å². The Morgan fingerprint density at radius 3 is 2.08 bits per heavy atom. The number of carbonyl (C=O) groups excluding carboxylic acids is 2. The largest absolute Gasteiger partial charge is 0.490 e. The van der Waals surface area contributed by atoms with Gasteiger partial charge in [0.2, 0.25) is 0 Å². The minimum absolute atomic E-state index is 0.109. The van der Waals surface area contributed by atoms with Crippen molar-refractivity contribution in [3.63, 3.8) is 0 Å². The van der Waals surface area contributed by atoms with Crippen LogP contribution >= 0.6 is 0 Å². The van der Waals surface area contributed by atoms with Crippen LogP contribution in [0.1, 0.15) is 83.3 Å². The summed E-state index contributed by atoms with van der Waals surface area (Å²) in [6, 6.07) is 16.7. The number of ketones is 1. The lowest BCUT2D eigenvalue weighted by Gasteiger charge is -2.54. The molecule has 3 rings (SSSR count). The van der Waals surface area contributed by atoms with Gasteiger partial charge in [-0.15, -0.1) is 0 Å². The van der Waals surface area contributed by atoms with Crippen LogP contribution in [0, 0.1) is 5.92 Å². The number of benzene rings is 2. The summed E-state index contributed by atoms with van der Waals surface area (Å²) < 4.78 is 11.2. The average Bonchev–Trinajstić information content (AvgIpc) is 2.83. The summed E-state index contributed by atoms with van der Waals surface area (Å²) in [5, 5.41) is 11.9. The normalized spacial score (nSPS) is 18.7. The number of esters is 1. The molecule has 2 aromatic carbocycles. The quantitative estimate of drug-likeness (QED) is 0.255. The fourth-order valence-electron chi connectivity index (χ4n) is 5.13. The lowest BCUT2D eigenvalue weighted by molar-refractivity contribution is -0.309. The summed E-state index contributed by atoms with van der Waals surface area (Å²) >= 11 is 0. The van der Waals surface area contributed by atoms with Crippen LogP contribution in [0.25, 0.3) is 0 Å². The minimum atomic E-state index is -1.43. The van der Waals surface area contributed by atoms with Crippen LogP contribution in [-0.4, -0.2) is 51.8 Å². The first-order chi connectivity index (χ1) is 17.2. The third kappa shape index (κ3) is 7.40. The Hall–Kier alpha value is -2.74. The van der Waals surface area contributed by atoms with E-state index in [4.69, 9.17) is 14.3 Å². The zero-order valence-electron chi connectivity index (χ0n) is 23.1.